The Bertz CT molecular complexity index is 1650. The first kappa shape index (κ1) is 23.2. The zero-order valence-corrected chi connectivity index (χ0v) is 20.6. The normalized spacial score (nSPS) is 24.0. The van der Waals surface area contributed by atoms with Gasteiger partial charge in [0.2, 0.25) is 18.6 Å². The maximum Gasteiger partial charge on any atom is 0.269 e. The maximum atomic E-state index is 14.1. The number of fused-ring (bicyclic) bond motifs is 6. The Balaban J connectivity index is 1.35. The van der Waals surface area contributed by atoms with E-state index < -0.39 is 40.7 Å². The van der Waals surface area contributed by atoms with E-state index in [9.17, 15) is 24.5 Å². The minimum Gasteiger partial charge on any atom is -0.454 e. The number of ether oxygens (including phenoxy) is 2. The number of imide groups is 1. The van der Waals surface area contributed by atoms with Gasteiger partial charge in [-0.3, -0.25) is 24.5 Å². The minimum atomic E-state index is -0.953. The largest absolute Gasteiger partial charge is 0.454 e. The van der Waals surface area contributed by atoms with E-state index in [4.69, 9.17) is 9.47 Å². The van der Waals surface area contributed by atoms with Crippen molar-refractivity contribution in [2.75, 3.05) is 11.7 Å². The molecular formula is C29H21N3O7. The standard InChI is InChI=1S/C29H21N3O7/c1-15-12-18(32(36)37)7-8-20(15)31-28(34)23-24(29(31)35)26(27(33)17-6-9-21-22(13-17)39-14-38-21)30-11-10-16-4-2-3-5-19(16)25(23)30/h2-13,23-26H,14H2,1H3/t23-,24+,25+,26-/m0/s1. The molecule has 0 unspecified atom stereocenters. The van der Waals surface area contributed by atoms with Crippen molar-refractivity contribution in [1.82, 2.24) is 4.90 Å². The molecule has 10 nitrogen and oxygen atoms in total. The van der Waals surface area contributed by atoms with Crippen LogP contribution in [-0.4, -0.2) is 40.3 Å². The van der Waals surface area contributed by atoms with Gasteiger partial charge >= 0.3 is 0 Å². The molecule has 0 bridgehead atoms. The van der Waals surface area contributed by atoms with Gasteiger partial charge in [-0.2, -0.15) is 0 Å². The average molecular weight is 524 g/mol. The van der Waals surface area contributed by atoms with E-state index in [1.165, 1.54) is 18.2 Å². The van der Waals surface area contributed by atoms with Crippen LogP contribution in [0, 0.1) is 28.9 Å². The van der Waals surface area contributed by atoms with Gasteiger partial charge in [-0.05, 0) is 54.0 Å². The second-order valence-electron chi connectivity index (χ2n) is 10.0. The van der Waals surface area contributed by atoms with Crippen molar-refractivity contribution >= 4 is 35.0 Å². The van der Waals surface area contributed by atoms with Gasteiger partial charge in [0.15, 0.2) is 17.3 Å². The lowest BCUT2D eigenvalue weighted by atomic mass is 9.83. The minimum absolute atomic E-state index is 0.0609. The van der Waals surface area contributed by atoms with Crippen LogP contribution in [0.2, 0.25) is 0 Å². The highest BCUT2D eigenvalue weighted by molar-refractivity contribution is 6.25. The van der Waals surface area contributed by atoms with Crippen LogP contribution in [-0.2, 0) is 9.59 Å². The number of amides is 2. The van der Waals surface area contributed by atoms with Gasteiger partial charge in [-0.25, -0.2) is 4.90 Å². The molecule has 10 heteroatoms. The quantitative estimate of drug-likeness (QED) is 0.218. The van der Waals surface area contributed by atoms with Gasteiger partial charge in [0, 0.05) is 23.9 Å². The van der Waals surface area contributed by atoms with Gasteiger partial charge < -0.3 is 14.4 Å². The maximum absolute atomic E-state index is 14.1. The molecule has 2 fully saturated rings. The molecule has 3 aromatic rings. The number of nitrogens with zero attached hydrogens (tertiary/aromatic N) is 3. The lowest BCUT2D eigenvalue weighted by molar-refractivity contribution is -0.384. The Kier molecular flexibility index (Phi) is 4.90. The molecule has 0 aromatic heterocycles. The van der Waals surface area contributed by atoms with Crippen LogP contribution in [0.5, 0.6) is 11.5 Å². The zero-order valence-electron chi connectivity index (χ0n) is 20.6. The number of aryl methyl sites for hydroxylation is 1. The summed E-state index contributed by atoms with van der Waals surface area (Å²) in [6, 6.07) is 15.1. The number of anilines is 1. The Hall–Kier alpha value is -4.99. The molecule has 2 saturated heterocycles. The smallest absolute Gasteiger partial charge is 0.269 e. The highest BCUT2D eigenvalue weighted by Gasteiger charge is 2.64. The number of hydrogen-bond acceptors (Lipinski definition) is 8. The first-order chi connectivity index (χ1) is 18.8. The van der Waals surface area contributed by atoms with Gasteiger partial charge in [-0.15, -0.1) is 0 Å². The molecule has 3 aromatic carbocycles. The van der Waals surface area contributed by atoms with Crippen molar-refractivity contribution in [2.45, 2.75) is 19.0 Å². The number of ketones is 1. The number of non-ortho nitro benzene ring substituents is 1. The number of nitro groups is 1. The third-order valence-corrected chi connectivity index (χ3v) is 8.02. The molecule has 0 aliphatic carbocycles. The molecule has 4 aliphatic heterocycles. The lowest BCUT2D eigenvalue weighted by Crippen LogP contribution is -2.44. The highest BCUT2D eigenvalue weighted by atomic mass is 16.7. The SMILES string of the molecule is Cc1cc([N+](=O)[O-])ccc1N1C(=O)[C@@H]2[C@H](C1=O)[C@H]1c3ccccc3C=CN1[C@@H]2C(=O)c1ccc2c(c1)OCO2. The Labute approximate surface area is 222 Å². The van der Waals surface area contributed by atoms with Crippen LogP contribution in [0.15, 0.2) is 66.9 Å². The molecular weight excluding hydrogens is 502 g/mol. The summed E-state index contributed by atoms with van der Waals surface area (Å²) in [4.78, 5) is 55.9. The van der Waals surface area contributed by atoms with Crippen molar-refractivity contribution in [3.05, 3.63) is 99.2 Å². The zero-order chi connectivity index (χ0) is 27.0. The molecule has 0 saturated carbocycles. The molecule has 7 rings (SSSR count). The second kappa shape index (κ2) is 8.26. The van der Waals surface area contributed by atoms with Gasteiger partial charge in [-0.1, -0.05) is 24.3 Å². The van der Waals surface area contributed by atoms with E-state index in [2.05, 4.69) is 0 Å². The van der Waals surface area contributed by atoms with Crippen molar-refractivity contribution < 1.29 is 28.8 Å². The molecule has 2 amide bonds. The monoisotopic (exact) mass is 523 g/mol. The summed E-state index contributed by atoms with van der Waals surface area (Å²) in [6.45, 7) is 1.68. The Morgan fingerprint density at radius 1 is 0.974 bits per heavy atom. The van der Waals surface area contributed by atoms with Crippen LogP contribution in [0.25, 0.3) is 6.08 Å². The topological polar surface area (TPSA) is 119 Å². The lowest BCUT2D eigenvalue weighted by Gasteiger charge is -2.35. The molecule has 194 valence electrons. The number of hydrogen-bond donors (Lipinski definition) is 0. The van der Waals surface area contributed by atoms with E-state index in [0.29, 0.717) is 22.6 Å². The van der Waals surface area contributed by atoms with Crippen molar-refractivity contribution in [3.8, 4) is 11.5 Å². The summed E-state index contributed by atoms with van der Waals surface area (Å²) in [6.07, 6.45) is 3.68. The number of benzene rings is 3. The second-order valence-corrected chi connectivity index (χ2v) is 10.0. The fourth-order valence-corrected chi connectivity index (χ4v) is 6.32. The van der Waals surface area contributed by atoms with Crippen molar-refractivity contribution in [2.24, 2.45) is 11.8 Å². The predicted molar refractivity (Wildman–Crippen MR) is 138 cm³/mol. The summed E-state index contributed by atoms with van der Waals surface area (Å²) in [5.41, 5.74) is 2.69. The highest BCUT2D eigenvalue weighted by Crippen LogP contribution is 2.54. The fraction of sp³-hybridized carbons (Fsp3) is 0.207. The summed E-state index contributed by atoms with van der Waals surface area (Å²) in [7, 11) is 0. The Morgan fingerprint density at radius 3 is 2.54 bits per heavy atom. The number of Topliss-reactive ketones (excluding diaryl/α,β-unsaturated/α-hetero) is 1. The van der Waals surface area contributed by atoms with Crippen molar-refractivity contribution in [1.29, 1.82) is 0 Å². The predicted octanol–water partition coefficient (Wildman–Crippen LogP) is 4.03. The van der Waals surface area contributed by atoms with E-state index >= 15 is 0 Å². The first-order valence-electron chi connectivity index (χ1n) is 12.5. The first-order valence-corrected chi connectivity index (χ1v) is 12.5. The number of carbonyl (C=O) groups is 3. The van der Waals surface area contributed by atoms with E-state index in [-0.39, 0.29) is 24.0 Å². The molecule has 4 aliphatic rings. The molecule has 0 N–H and O–H groups in total. The van der Waals surface area contributed by atoms with E-state index in [0.717, 1.165) is 16.0 Å². The summed E-state index contributed by atoms with van der Waals surface area (Å²) < 4.78 is 10.8. The van der Waals surface area contributed by atoms with Gasteiger partial charge in [0.05, 0.1) is 28.5 Å². The number of carbonyl (C=O) groups excluding carboxylic acids is 3. The van der Waals surface area contributed by atoms with Crippen LogP contribution >= 0.6 is 0 Å². The number of rotatable bonds is 4. The number of nitro benzene ring substituents is 1. The Morgan fingerprint density at radius 2 is 1.74 bits per heavy atom. The summed E-state index contributed by atoms with van der Waals surface area (Å²) in [5, 5.41) is 11.3. The average Bonchev–Trinajstić information content (AvgIpc) is 3.61. The van der Waals surface area contributed by atoms with Crippen LogP contribution < -0.4 is 14.4 Å². The van der Waals surface area contributed by atoms with Gasteiger partial charge in [0.1, 0.15) is 6.04 Å². The third-order valence-electron chi connectivity index (χ3n) is 8.02. The van der Waals surface area contributed by atoms with Crippen LogP contribution in [0.1, 0.15) is 33.1 Å². The summed E-state index contributed by atoms with van der Waals surface area (Å²) >= 11 is 0. The van der Waals surface area contributed by atoms with Crippen LogP contribution in [0.3, 0.4) is 0 Å². The molecule has 4 heterocycles. The van der Waals surface area contributed by atoms with Crippen LogP contribution in [0.4, 0.5) is 11.4 Å². The summed E-state index contributed by atoms with van der Waals surface area (Å²) in [5.74, 6) is -2.02. The van der Waals surface area contributed by atoms with E-state index in [1.807, 2.05) is 35.2 Å². The molecule has 0 radical (unpaired) electrons. The van der Waals surface area contributed by atoms with Gasteiger partial charge in [0.25, 0.3) is 5.69 Å². The fourth-order valence-electron chi connectivity index (χ4n) is 6.32. The molecule has 0 spiro atoms. The van der Waals surface area contributed by atoms with E-state index in [1.54, 1.807) is 31.3 Å². The third kappa shape index (κ3) is 3.24. The molecule has 4 atom stereocenters. The molecule has 39 heavy (non-hydrogen) atoms. The van der Waals surface area contributed by atoms with Crippen molar-refractivity contribution in [3.63, 3.8) is 0 Å².